The first kappa shape index (κ1) is 15.4. The van der Waals surface area contributed by atoms with Crippen LogP contribution in [-0.4, -0.2) is 55.2 Å². The molecule has 1 heterocycles. The number of nitro benzene ring substituents is 1. The van der Waals surface area contributed by atoms with E-state index in [0.717, 1.165) is 0 Å². The summed E-state index contributed by atoms with van der Waals surface area (Å²) in [5, 5.41) is 11.0. The van der Waals surface area contributed by atoms with Crippen LogP contribution in [0.1, 0.15) is 5.56 Å². The number of nitrogens with zero attached hydrogens (tertiary/aromatic N) is 2. The molecule has 2 rings (SSSR count). The molecule has 0 bridgehead atoms. The standard InChI is InChI=1S/C14H18N2O5/c1-20-12-8-15(9-13(12)21-2)14(17)7-10-5-3-4-6-11(10)16(18)19/h3-6,12-13H,7-9H2,1-2H3/t12-,13-/m1/s1. The maximum Gasteiger partial charge on any atom is 0.273 e. The molecule has 7 heteroatoms. The van der Waals surface area contributed by atoms with Gasteiger partial charge in [0.25, 0.3) is 5.69 Å². The fourth-order valence-electron chi connectivity index (χ4n) is 2.51. The SMILES string of the molecule is CO[C@@H]1CN(C(=O)Cc2ccccc2[N+](=O)[O-])C[C@H]1OC. The Morgan fingerprint density at radius 2 is 1.86 bits per heavy atom. The maximum absolute atomic E-state index is 12.3. The van der Waals surface area contributed by atoms with E-state index in [1.807, 2.05) is 0 Å². The number of benzene rings is 1. The number of rotatable bonds is 5. The van der Waals surface area contributed by atoms with Gasteiger partial charge in [-0.1, -0.05) is 18.2 Å². The topological polar surface area (TPSA) is 81.9 Å². The predicted octanol–water partition coefficient (Wildman–Crippen LogP) is 1.01. The number of carbonyl (C=O) groups excluding carboxylic acids is 1. The second kappa shape index (κ2) is 6.64. The third-order valence-electron chi connectivity index (χ3n) is 3.70. The average molecular weight is 294 g/mol. The molecular weight excluding hydrogens is 276 g/mol. The molecule has 1 aromatic rings. The second-order valence-electron chi connectivity index (χ2n) is 4.91. The van der Waals surface area contributed by atoms with E-state index >= 15 is 0 Å². The first-order valence-corrected chi connectivity index (χ1v) is 6.62. The molecule has 1 fully saturated rings. The lowest BCUT2D eigenvalue weighted by Crippen LogP contribution is -2.31. The summed E-state index contributed by atoms with van der Waals surface area (Å²) in [5.41, 5.74) is 0.388. The van der Waals surface area contributed by atoms with Crippen molar-refractivity contribution in [1.29, 1.82) is 0 Å². The van der Waals surface area contributed by atoms with Crippen LogP contribution in [0.5, 0.6) is 0 Å². The van der Waals surface area contributed by atoms with E-state index in [2.05, 4.69) is 0 Å². The van der Waals surface area contributed by atoms with E-state index in [0.29, 0.717) is 18.7 Å². The minimum atomic E-state index is -0.470. The summed E-state index contributed by atoms with van der Waals surface area (Å²) in [6.07, 6.45) is -0.321. The van der Waals surface area contributed by atoms with Crippen molar-refractivity contribution in [2.24, 2.45) is 0 Å². The Hall–Kier alpha value is -1.99. The van der Waals surface area contributed by atoms with Crippen LogP contribution in [0.3, 0.4) is 0 Å². The minimum Gasteiger partial charge on any atom is -0.377 e. The molecule has 0 aliphatic carbocycles. The van der Waals surface area contributed by atoms with Crippen molar-refractivity contribution < 1.29 is 19.2 Å². The van der Waals surface area contributed by atoms with Gasteiger partial charge in [-0.05, 0) is 0 Å². The largest absolute Gasteiger partial charge is 0.377 e. The third-order valence-corrected chi connectivity index (χ3v) is 3.70. The fourth-order valence-corrected chi connectivity index (χ4v) is 2.51. The molecular formula is C14H18N2O5. The molecule has 0 unspecified atom stereocenters. The number of nitro groups is 1. The molecule has 1 saturated heterocycles. The van der Waals surface area contributed by atoms with Crippen LogP contribution in [-0.2, 0) is 20.7 Å². The molecule has 0 N–H and O–H groups in total. The van der Waals surface area contributed by atoms with Gasteiger partial charge in [-0.15, -0.1) is 0 Å². The van der Waals surface area contributed by atoms with Crippen LogP contribution in [0, 0.1) is 10.1 Å². The van der Waals surface area contributed by atoms with Gasteiger partial charge >= 0.3 is 0 Å². The average Bonchev–Trinajstić information content (AvgIpc) is 2.91. The van der Waals surface area contributed by atoms with E-state index in [-0.39, 0.29) is 30.2 Å². The fraction of sp³-hybridized carbons (Fsp3) is 0.500. The van der Waals surface area contributed by atoms with Crippen molar-refractivity contribution in [3.63, 3.8) is 0 Å². The Bertz CT molecular complexity index is 522. The van der Waals surface area contributed by atoms with Gasteiger partial charge in [0.15, 0.2) is 0 Å². The van der Waals surface area contributed by atoms with Crippen molar-refractivity contribution in [3.8, 4) is 0 Å². The first-order valence-electron chi connectivity index (χ1n) is 6.62. The predicted molar refractivity (Wildman–Crippen MR) is 75.0 cm³/mol. The lowest BCUT2D eigenvalue weighted by atomic mass is 10.1. The maximum atomic E-state index is 12.3. The van der Waals surface area contributed by atoms with Gasteiger partial charge in [0.05, 0.1) is 11.3 Å². The van der Waals surface area contributed by atoms with Gasteiger partial charge in [0, 0.05) is 38.9 Å². The Balaban J connectivity index is 2.08. The summed E-state index contributed by atoms with van der Waals surface area (Å²) in [7, 11) is 3.15. The first-order chi connectivity index (χ1) is 10.1. The second-order valence-corrected chi connectivity index (χ2v) is 4.91. The molecule has 1 aliphatic heterocycles. The monoisotopic (exact) mass is 294 g/mol. The van der Waals surface area contributed by atoms with Gasteiger partial charge in [0.1, 0.15) is 12.2 Å². The van der Waals surface area contributed by atoms with Gasteiger partial charge in [0.2, 0.25) is 5.91 Å². The van der Waals surface area contributed by atoms with Crippen molar-refractivity contribution in [3.05, 3.63) is 39.9 Å². The molecule has 0 spiro atoms. The summed E-state index contributed by atoms with van der Waals surface area (Å²) < 4.78 is 10.6. The van der Waals surface area contributed by atoms with Crippen LogP contribution in [0.25, 0.3) is 0 Å². The van der Waals surface area contributed by atoms with E-state index in [9.17, 15) is 14.9 Å². The lowest BCUT2D eigenvalue weighted by Gasteiger charge is -2.15. The molecule has 0 radical (unpaired) electrons. The number of methoxy groups -OCH3 is 2. The van der Waals surface area contributed by atoms with E-state index in [1.54, 1.807) is 37.3 Å². The molecule has 1 aromatic carbocycles. The van der Waals surface area contributed by atoms with Crippen LogP contribution < -0.4 is 0 Å². The molecule has 1 amide bonds. The molecule has 21 heavy (non-hydrogen) atoms. The molecule has 0 saturated carbocycles. The number of carbonyl (C=O) groups is 1. The number of amides is 1. The van der Waals surface area contributed by atoms with Gasteiger partial charge < -0.3 is 14.4 Å². The third kappa shape index (κ3) is 3.37. The number of likely N-dealkylation sites (tertiary alicyclic amines) is 1. The van der Waals surface area contributed by atoms with Crippen molar-refractivity contribution in [1.82, 2.24) is 4.90 Å². The van der Waals surface area contributed by atoms with Crippen molar-refractivity contribution in [2.45, 2.75) is 18.6 Å². The Morgan fingerprint density at radius 1 is 1.29 bits per heavy atom. The van der Waals surface area contributed by atoms with Gasteiger partial charge in [-0.3, -0.25) is 14.9 Å². The van der Waals surface area contributed by atoms with Crippen LogP contribution >= 0.6 is 0 Å². The Labute approximate surface area is 122 Å². The van der Waals surface area contributed by atoms with Crippen molar-refractivity contribution in [2.75, 3.05) is 27.3 Å². The number of hydrogen-bond donors (Lipinski definition) is 0. The zero-order chi connectivity index (χ0) is 15.4. The zero-order valence-electron chi connectivity index (χ0n) is 12.0. The molecule has 114 valence electrons. The summed E-state index contributed by atoms with van der Waals surface area (Å²) in [6, 6.07) is 6.29. The van der Waals surface area contributed by atoms with Crippen molar-refractivity contribution >= 4 is 11.6 Å². The molecule has 1 aliphatic rings. The molecule has 7 nitrogen and oxygen atoms in total. The highest BCUT2D eigenvalue weighted by Crippen LogP contribution is 2.21. The molecule has 2 atom stereocenters. The Morgan fingerprint density at radius 3 is 2.38 bits per heavy atom. The van der Waals surface area contributed by atoms with Crippen LogP contribution in [0.2, 0.25) is 0 Å². The highest BCUT2D eigenvalue weighted by molar-refractivity contribution is 5.80. The van der Waals surface area contributed by atoms with Crippen LogP contribution in [0.4, 0.5) is 5.69 Å². The van der Waals surface area contributed by atoms with E-state index in [4.69, 9.17) is 9.47 Å². The van der Waals surface area contributed by atoms with E-state index in [1.165, 1.54) is 6.07 Å². The minimum absolute atomic E-state index is 0.00399. The highest BCUT2D eigenvalue weighted by Gasteiger charge is 2.35. The van der Waals surface area contributed by atoms with Crippen LogP contribution in [0.15, 0.2) is 24.3 Å². The number of hydrogen-bond acceptors (Lipinski definition) is 5. The number of ether oxygens (including phenoxy) is 2. The highest BCUT2D eigenvalue weighted by atomic mass is 16.6. The summed E-state index contributed by atoms with van der Waals surface area (Å²) in [5.74, 6) is -0.161. The quantitative estimate of drug-likeness (QED) is 0.598. The lowest BCUT2D eigenvalue weighted by molar-refractivity contribution is -0.385. The number of para-hydroxylation sites is 1. The van der Waals surface area contributed by atoms with Gasteiger partial charge in [-0.2, -0.15) is 0 Å². The van der Waals surface area contributed by atoms with Gasteiger partial charge in [-0.25, -0.2) is 0 Å². The molecule has 0 aromatic heterocycles. The van der Waals surface area contributed by atoms with E-state index < -0.39 is 4.92 Å². The zero-order valence-corrected chi connectivity index (χ0v) is 12.0. The Kier molecular flexibility index (Phi) is 4.87. The summed E-state index contributed by atoms with van der Waals surface area (Å²) in [6.45, 7) is 0.878. The summed E-state index contributed by atoms with van der Waals surface area (Å²) in [4.78, 5) is 24.4. The normalized spacial score (nSPS) is 21.5. The smallest absolute Gasteiger partial charge is 0.273 e. The summed E-state index contributed by atoms with van der Waals surface area (Å²) >= 11 is 0.